The molecule has 2 aliphatic heterocycles. The van der Waals surface area contributed by atoms with Crippen LogP contribution in [0.1, 0.15) is 12.5 Å². The Morgan fingerprint density at radius 2 is 1.74 bits per heavy atom. The van der Waals surface area contributed by atoms with Crippen molar-refractivity contribution in [2.24, 2.45) is 4.40 Å². The lowest BCUT2D eigenvalue weighted by Gasteiger charge is -2.36. The van der Waals surface area contributed by atoms with Gasteiger partial charge in [-0.2, -0.15) is 8.42 Å². The molecule has 0 spiro atoms. The number of pyridine rings is 1. The Bertz CT molecular complexity index is 1030. The van der Waals surface area contributed by atoms with Crippen LogP contribution in [0.25, 0.3) is 4.91 Å². The summed E-state index contributed by atoms with van der Waals surface area (Å²) in [6.07, 6.45) is 1.78. The predicted molar refractivity (Wildman–Crippen MR) is 111 cm³/mol. The largest absolute Gasteiger partial charge is 0.353 e. The monoisotopic (exact) mass is 446 g/mol. The van der Waals surface area contributed by atoms with Crippen molar-refractivity contribution in [2.45, 2.75) is 6.92 Å². The van der Waals surface area contributed by atoms with Crippen molar-refractivity contribution in [1.82, 2.24) is 9.88 Å². The van der Waals surface area contributed by atoms with Crippen molar-refractivity contribution < 1.29 is 8.42 Å². The van der Waals surface area contributed by atoms with Gasteiger partial charge in [-0.3, -0.25) is 0 Å². The molecule has 0 radical (unpaired) electrons. The summed E-state index contributed by atoms with van der Waals surface area (Å²) in [5.74, 6) is 1.51. The van der Waals surface area contributed by atoms with Crippen LogP contribution < -0.4 is 4.90 Å². The summed E-state index contributed by atoms with van der Waals surface area (Å²) < 4.78 is 30.4. The SMILES string of the molecule is CC1=C(c2cccc(Br)c2)S(=O)(=O)N=C1N1CCN(c2ccccn2)CC1. The molecule has 6 nitrogen and oxygen atoms in total. The van der Waals surface area contributed by atoms with E-state index in [1.165, 1.54) is 0 Å². The molecular weight excluding hydrogens is 428 g/mol. The molecule has 1 fully saturated rings. The number of hydrogen-bond acceptors (Lipinski definition) is 5. The summed E-state index contributed by atoms with van der Waals surface area (Å²) >= 11 is 3.41. The molecule has 0 N–H and O–H groups in total. The molecule has 2 aliphatic rings. The Morgan fingerprint density at radius 1 is 1.00 bits per heavy atom. The van der Waals surface area contributed by atoms with E-state index in [1.54, 1.807) is 12.3 Å². The molecule has 4 rings (SSSR count). The first-order valence-corrected chi connectivity index (χ1v) is 10.9. The predicted octanol–water partition coefficient (Wildman–Crippen LogP) is 3.14. The number of halogens is 1. The van der Waals surface area contributed by atoms with Gasteiger partial charge in [0.25, 0.3) is 10.0 Å². The number of benzene rings is 1. The van der Waals surface area contributed by atoms with Crippen molar-refractivity contribution in [1.29, 1.82) is 0 Å². The van der Waals surface area contributed by atoms with E-state index in [2.05, 4.69) is 35.1 Å². The number of amidine groups is 1. The Hall–Kier alpha value is -2.19. The van der Waals surface area contributed by atoms with Crippen LogP contribution in [0.4, 0.5) is 5.82 Å². The second kappa shape index (κ2) is 7.09. The van der Waals surface area contributed by atoms with Crippen molar-refractivity contribution in [3.8, 4) is 0 Å². The van der Waals surface area contributed by atoms with Crippen LogP contribution in [0.2, 0.25) is 0 Å². The van der Waals surface area contributed by atoms with Gasteiger partial charge in [0.1, 0.15) is 16.6 Å². The fraction of sp³-hybridized carbons (Fsp3) is 0.263. The van der Waals surface area contributed by atoms with Crippen LogP contribution >= 0.6 is 15.9 Å². The normalized spacial score (nSPS) is 19.4. The fourth-order valence-corrected chi connectivity index (χ4v) is 5.37. The number of aromatic nitrogens is 1. The molecule has 3 heterocycles. The van der Waals surface area contributed by atoms with Gasteiger partial charge in [0.2, 0.25) is 0 Å². The molecule has 1 aromatic heterocycles. The summed E-state index contributed by atoms with van der Waals surface area (Å²) in [5.41, 5.74) is 1.37. The van der Waals surface area contributed by atoms with Crippen molar-refractivity contribution in [3.05, 3.63) is 64.3 Å². The molecule has 0 saturated carbocycles. The van der Waals surface area contributed by atoms with Gasteiger partial charge in [0, 0.05) is 42.4 Å². The fourth-order valence-electron chi connectivity index (χ4n) is 3.50. The minimum atomic E-state index is -3.69. The molecule has 140 valence electrons. The molecule has 0 atom stereocenters. The van der Waals surface area contributed by atoms with Crippen LogP contribution in [0.3, 0.4) is 0 Å². The van der Waals surface area contributed by atoms with E-state index in [1.807, 2.05) is 43.3 Å². The van der Waals surface area contributed by atoms with Gasteiger partial charge in [-0.15, -0.1) is 4.40 Å². The lowest BCUT2D eigenvalue weighted by molar-refractivity contribution is 0.385. The lowest BCUT2D eigenvalue weighted by Crippen LogP contribution is -2.49. The Balaban J connectivity index is 1.58. The maximum atomic E-state index is 12.7. The Kier molecular flexibility index (Phi) is 4.77. The summed E-state index contributed by atoms with van der Waals surface area (Å²) in [7, 11) is -3.69. The van der Waals surface area contributed by atoms with Crippen LogP contribution in [-0.4, -0.2) is 50.3 Å². The molecule has 8 heteroatoms. The highest BCUT2D eigenvalue weighted by atomic mass is 79.9. The summed E-state index contributed by atoms with van der Waals surface area (Å²) in [6, 6.07) is 13.2. The summed E-state index contributed by atoms with van der Waals surface area (Å²) in [6.45, 7) is 4.79. The first kappa shape index (κ1) is 18.2. The van der Waals surface area contributed by atoms with Gasteiger partial charge in [0.15, 0.2) is 0 Å². The number of rotatable bonds is 2. The smallest absolute Gasteiger partial charge is 0.285 e. The maximum Gasteiger partial charge on any atom is 0.285 e. The zero-order valence-electron chi connectivity index (χ0n) is 14.8. The first-order valence-electron chi connectivity index (χ1n) is 8.69. The van der Waals surface area contributed by atoms with Crippen molar-refractivity contribution in [3.63, 3.8) is 0 Å². The van der Waals surface area contributed by atoms with Gasteiger partial charge in [-0.25, -0.2) is 4.98 Å². The average Bonchev–Trinajstić information content (AvgIpc) is 2.91. The summed E-state index contributed by atoms with van der Waals surface area (Å²) in [5, 5.41) is 0. The number of sulfonamides is 1. The van der Waals surface area contributed by atoms with Gasteiger partial charge in [-0.1, -0.05) is 34.1 Å². The molecule has 0 bridgehead atoms. The lowest BCUT2D eigenvalue weighted by atomic mass is 10.1. The minimum Gasteiger partial charge on any atom is -0.353 e. The molecule has 27 heavy (non-hydrogen) atoms. The molecule has 0 unspecified atom stereocenters. The highest BCUT2D eigenvalue weighted by molar-refractivity contribution is 9.10. The van der Waals surface area contributed by atoms with E-state index < -0.39 is 10.0 Å². The Labute approximate surface area is 167 Å². The third-order valence-electron chi connectivity index (χ3n) is 4.78. The number of anilines is 1. The van der Waals surface area contributed by atoms with E-state index in [0.717, 1.165) is 23.4 Å². The second-order valence-corrected chi connectivity index (χ2v) is 8.97. The maximum absolute atomic E-state index is 12.7. The van der Waals surface area contributed by atoms with Crippen LogP contribution in [-0.2, 0) is 10.0 Å². The molecule has 0 amide bonds. The van der Waals surface area contributed by atoms with E-state index in [9.17, 15) is 8.42 Å². The number of nitrogens with zero attached hydrogens (tertiary/aromatic N) is 4. The molecule has 1 aromatic carbocycles. The molecular formula is C19H19BrN4O2S. The molecule has 2 aromatic rings. The van der Waals surface area contributed by atoms with Gasteiger partial charge >= 0.3 is 0 Å². The van der Waals surface area contributed by atoms with E-state index >= 15 is 0 Å². The van der Waals surface area contributed by atoms with Gasteiger partial charge in [-0.05, 0) is 36.8 Å². The number of hydrogen-bond donors (Lipinski definition) is 0. The van der Waals surface area contributed by atoms with Crippen LogP contribution in [0.5, 0.6) is 0 Å². The number of piperazine rings is 1. The van der Waals surface area contributed by atoms with Crippen LogP contribution in [0, 0.1) is 0 Å². The molecule has 1 saturated heterocycles. The quantitative estimate of drug-likeness (QED) is 0.708. The first-order chi connectivity index (χ1) is 13.0. The highest BCUT2D eigenvalue weighted by Crippen LogP contribution is 2.34. The van der Waals surface area contributed by atoms with Crippen LogP contribution in [0.15, 0.2) is 63.1 Å². The van der Waals surface area contributed by atoms with Crippen molar-refractivity contribution >= 4 is 42.5 Å². The van der Waals surface area contributed by atoms with Gasteiger partial charge < -0.3 is 9.80 Å². The van der Waals surface area contributed by atoms with E-state index in [0.29, 0.717) is 35.0 Å². The topological polar surface area (TPSA) is 65.9 Å². The van der Waals surface area contributed by atoms with E-state index in [-0.39, 0.29) is 0 Å². The zero-order valence-corrected chi connectivity index (χ0v) is 17.2. The second-order valence-electron chi connectivity index (χ2n) is 6.52. The van der Waals surface area contributed by atoms with E-state index in [4.69, 9.17) is 0 Å². The third-order valence-corrected chi connectivity index (χ3v) is 6.74. The summed E-state index contributed by atoms with van der Waals surface area (Å²) in [4.78, 5) is 8.94. The zero-order chi connectivity index (χ0) is 19.0. The van der Waals surface area contributed by atoms with Gasteiger partial charge in [0.05, 0.1) is 0 Å². The third kappa shape index (κ3) is 3.51. The highest BCUT2D eigenvalue weighted by Gasteiger charge is 2.34. The minimum absolute atomic E-state index is 0.297. The average molecular weight is 447 g/mol. The standard InChI is InChI=1S/C19H19BrN4O2S/c1-14-18(15-5-4-6-16(20)13-15)27(25,26)22-19(14)24-11-9-23(10-12-24)17-7-2-3-8-21-17/h2-8,13H,9-12H2,1H3. The Morgan fingerprint density at radius 3 is 2.41 bits per heavy atom. The van der Waals surface area contributed by atoms with Crippen molar-refractivity contribution in [2.75, 3.05) is 31.1 Å². The molecule has 0 aliphatic carbocycles.